The smallest absolute Gasteiger partial charge is 0.288 e. The second kappa shape index (κ2) is 6.70. The summed E-state index contributed by atoms with van der Waals surface area (Å²) in [6, 6.07) is 5.88. The van der Waals surface area contributed by atoms with Crippen molar-refractivity contribution >= 4 is 17.5 Å². The molecule has 0 aliphatic carbocycles. The van der Waals surface area contributed by atoms with E-state index in [4.69, 9.17) is 0 Å². The van der Waals surface area contributed by atoms with E-state index in [9.17, 15) is 19.3 Å². The quantitative estimate of drug-likeness (QED) is 0.546. The zero-order chi connectivity index (χ0) is 18.8. The van der Waals surface area contributed by atoms with E-state index in [1.54, 1.807) is 12.1 Å². The van der Waals surface area contributed by atoms with E-state index in [2.05, 4.69) is 20.5 Å². The predicted octanol–water partition coefficient (Wildman–Crippen LogP) is 1.67. The van der Waals surface area contributed by atoms with E-state index in [-0.39, 0.29) is 28.8 Å². The van der Waals surface area contributed by atoms with Crippen molar-refractivity contribution in [2.24, 2.45) is 7.05 Å². The van der Waals surface area contributed by atoms with Crippen LogP contribution >= 0.6 is 0 Å². The first-order chi connectivity index (χ1) is 12.3. The summed E-state index contributed by atoms with van der Waals surface area (Å²) in [4.78, 5) is 26.8. The number of nitrogens with one attached hydrogen (secondary N) is 1. The third kappa shape index (κ3) is 3.41. The number of carbonyl (C=O) groups excluding carboxylic acids is 1. The van der Waals surface area contributed by atoms with Gasteiger partial charge in [0.05, 0.1) is 11.5 Å². The number of rotatable bonds is 5. The molecule has 3 aromatic rings. The lowest BCUT2D eigenvalue weighted by Gasteiger charge is -2.02. The van der Waals surface area contributed by atoms with Gasteiger partial charge in [-0.3, -0.25) is 24.9 Å². The van der Waals surface area contributed by atoms with Crippen molar-refractivity contribution in [3.05, 3.63) is 63.5 Å². The molecule has 2 heterocycles. The SMILES string of the molecule is Cc1nn(C)c(C(=O)Nc2ncn(Cc3ccc(F)cc3)n2)c1[N+](=O)[O-]. The summed E-state index contributed by atoms with van der Waals surface area (Å²) in [5.41, 5.74) is 0.377. The van der Waals surface area contributed by atoms with Gasteiger partial charge in [0.2, 0.25) is 11.6 Å². The minimum absolute atomic E-state index is 0.00902. The molecule has 1 amide bonds. The fraction of sp³-hybridized carbons (Fsp3) is 0.200. The van der Waals surface area contributed by atoms with Gasteiger partial charge >= 0.3 is 5.69 Å². The fourth-order valence-electron chi connectivity index (χ4n) is 2.49. The maximum absolute atomic E-state index is 12.9. The van der Waals surface area contributed by atoms with Crippen LogP contribution in [0.25, 0.3) is 0 Å². The Bertz CT molecular complexity index is 978. The predicted molar refractivity (Wildman–Crippen MR) is 88.1 cm³/mol. The molecule has 10 nitrogen and oxygen atoms in total. The Kier molecular flexibility index (Phi) is 4.43. The van der Waals surface area contributed by atoms with E-state index in [0.717, 1.165) is 10.2 Å². The Morgan fingerprint density at radius 2 is 2.00 bits per heavy atom. The van der Waals surface area contributed by atoms with E-state index in [1.165, 1.54) is 37.1 Å². The van der Waals surface area contributed by atoms with Crippen LogP contribution in [-0.2, 0) is 13.6 Å². The fourth-order valence-corrected chi connectivity index (χ4v) is 2.49. The Labute approximate surface area is 146 Å². The Hall–Kier alpha value is -3.63. The van der Waals surface area contributed by atoms with Gasteiger partial charge in [0.15, 0.2) is 0 Å². The largest absolute Gasteiger partial charge is 0.322 e. The van der Waals surface area contributed by atoms with Gasteiger partial charge in [-0.1, -0.05) is 12.1 Å². The van der Waals surface area contributed by atoms with Crippen molar-refractivity contribution < 1.29 is 14.1 Å². The third-order valence-corrected chi connectivity index (χ3v) is 3.61. The number of anilines is 1. The molecule has 11 heteroatoms. The number of hydrogen-bond donors (Lipinski definition) is 1. The highest BCUT2D eigenvalue weighted by Crippen LogP contribution is 2.22. The maximum Gasteiger partial charge on any atom is 0.322 e. The van der Waals surface area contributed by atoms with Crippen molar-refractivity contribution in [2.75, 3.05) is 5.32 Å². The van der Waals surface area contributed by atoms with Gasteiger partial charge < -0.3 is 0 Å². The summed E-state index contributed by atoms with van der Waals surface area (Å²) >= 11 is 0. The average Bonchev–Trinajstić information content (AvgIpc) is 3.12. The van der Waals surface area contributed by atoms with Gasteiger partial charge in [0, 0.05) is 7.05 Å². The maximum atomic E-state index is 12.9. The number of benzene rings is 1. The molecule has 0 saturated heterocycles. The van der Waals surface area contributed by atoms with Crippen LogP contribution in [0, 0.1) is 22.9 Å². The molecule has 0 spiro atoms. The van der Waals surface area contributed by atoms with Crippen LogP contribution in [0.2, 0.25) is 0 Å². The summed E-state index contributed by atoms with van der Waals surface area (Å²) in [5, 5.41) is 21.6. The molecule has 0 bridgehead atoms. The van der Waals surface area contributed by atoms with Crippen LogP contribution in [0.1, 0.15) is 21.7 Å². The summed E-state index contributed by atoms with van der Waals surface area (Å²) in [6.45, 7) is 1.78. The van der Waals surface area contributed by atoms with Gasteiger partial charge in [0.25, 0.3) is 5.91 Å². The second-order valence-corrected chi connectivity index (χ2v) is 5.51. The van der Waals surface area contributed by atoms with Crippen molar-refractivity contribution in [3.8, 4) is 0 Å². The monoisotopic (exact) mass is 359 g/mol. The first-order valence-corrected chi connectivity index (χ1v) is 7.48. The number of carbonyl (C=O) groups is 1. The van der Waals surface area contributed by atoms with Gasteiger partial charge in [-0.2, -0.15) is 5.10 Å². The van der Waals surface area contributed by atoms with Crippen LogP contribution < -0.4 is 5.32 Å². The van der Waals surface area contributed by atoms with Gasteiger partial charge in [-0.05, 0) is 24.6 Å². The molecule has 134 valence electrons. The molecule has 0 aliphatic heterocycles. The van der Waals surface area contributed by atoms with Crippen LogP contribution in [-0.4, -0.2) is 35.4 Å². The van der Waals surface area contributed by atoms with Gasteiger partial charge in [-0.25, -0.2) is 14.1 Å². The molecule has 0 saturated carbocycles. The van der Waals surface area contributed by atoms with Gasteiger partial charge in [0.1, 0.15) is 17.8 Å². The summed E-state index contributed by atoms with van der Waals surface area (Å²) in [5.74, 6) is -1.09. The standard InChI is InChI=1S/C15H14FN7O3/c1-9-12(23(25)26)13(21(2)19-9)14(24)18-15-17-8-22(20-15)7-10-3-5-11(16)6-4-10/h3-6,8H,7H2,1-2H3,(H,18,20,24). The number of halogens is 1. The van der Waals surface area contributed by atoms with Crippen molar-refractivity contribution in [2.45, 2.75) is 13.5 Å². The molecular weight excluding hydrogens is 345 g/mol. The van der Waals surface area contributed by atoms with E-state index < -0.39 is 10.8 Å². The van der Waals surface area contributed by atoms with E-state index >= 15 is 0 Å². The zero-order valence-corrected chi connectivity index (χ0v) is 13.9. The molecule has 3 rings (SSSR count). The lowest BCUT2D eigenvalue weighted by atomic mass is 10.2. The number of aryl methyl sites for hydroxylation is 2. The molecule has 1 N–H and O–H groups in total. The number of nitro groups is 1. The molecule has 0 aliphatic rings. The van der Waals surface area contributed by atoms with Crippen molar-refractivity contribution in [1.29, 1.82) is 0 Å². The van der Waals surface area contributed by atoms with Gasteiger partial charge in [-0.15, -0.1) is 5.10 Å². The Balaban J connectivity index is 1.76. The summed E-state index contributed by atoms with van der Waals surface area (Å²) in [7, 11) is 1.44. The molecule has 1 aromatic carbocycles. The normalized spacial score (nSPS) is 10.7. The highest BCUT2D eigenvalue weighted by atomic mass is 19.1. The Morgan fingerprint density at radius 3 is 2.65 bits per heavy atom. The van der Waals surface area contributed by atoms with Crippen LogP contribution in [0.4, 0.5) is 16.0 Å². The summed E-state index contributed by atoms with van der Waals surface area (Å²) in [6.07, 6.45) is 1.39. The lowest BCUT2D eigenvalue weighted by Crippen LogP contribution is -2.18. The number of amides is 1. The number of aromatic nitrogens is 5. The molecule has 0 atom stereocenters. The highest BCUT2D eigenvalue weighted by Gasteiger charge is 2.29. The molecule has 0 fully saturated rings. The third-order valence-electron chi connectivity index (χ3n) is 3.61. The molecule has 0 unspecified atom stereocenters. The number of hydrogen-bond acceptors (Lipinski definition) is 6. The average molecular weight is 359 g/mol. The first-order valence-electron chi connectivity index (χ1n) is 7.48. The minimum Gasteiger partial charge on any atom is -0.288 e. The second-order valence-electron chi connectivity index (χ2n) is 5.51. The van der Waals surface area contributed by atoms with E-state index in [0.29, 0.717) is 6.54 Å². The van der Waals surface area contributed by atoms with Crippen LogP contribution in [0.3, 0.4) is 0 Å². The highest BCUT2D eigenvalue weighted by molar-refractivity contribution is 6.05. The Morgan fingerprint density at radius 1 is 1.31 bits per heavy atom. The molecule has 2 aromatic heterocycles. The molecular formula is C15H14FN7O3. The number of nitrogens with zero attached hydrogens (tertiary/aromatic N) is 6. The van der Waals surface area contributed by atoms with E-state index in [1.807, 2.05) is 0 Å². The molecule has 26 heavy (non-hydrogen) atoms. The summed E-state index contributed by atoms with van der Waals surface area (Å²) < 4.78 is 15.5. The van der Waals surface area contributed by atoms with Crippen molar-refractivity contribution in [3.63, 3.8) is 0 Å². The first kappa shape index (κ1) is 17.2. The van der Waals surface area contributed by atoms with Crippen LogP contribution in [0.5, 0.6) is 0 Å². The lowest BCUT2D eigenvalue weighted by molar-refractivity contribution is -0.385. The van der Waals surface area contributed by atoms with Crippen molar-refractivity contribution in [1.82, 2.24) is 24.5 Å². The van der Waals surface area contributed by atoms with Crippen LogP contribution in [0.15, 0.2) is 30.6 Å². The zero-order valence-electron chi connectivity index (χ0n) is 13.9. The molecule has 0 radical (unpaired) electrons. The minimum atomic E-state index is -0.737. The topological polar surface area (TPSA) is 121 Å².